The Morgan fingerprint density at radius 3 is 2.29 bits per heavy atom. The third kappa shape index (κ3) is 6.91. The topological polar surface area (TPSA) is 98.0 Å². The van der Waals surface area contributed by atoms with Gasteiger partial charge in [-0.05, 0) is 41.8 Å². The summed E-state index contributed by atoms with van der Waals surface area (Å²) < 4.78 is 10.5. The number of benzene rings is 2. The quantitative estimate of drug-likeness (QED) is 0.295. The lowest BCUT2D eigenvalue weighted by molar-refractivity contribution is 0.0963. The van der Waals surface area contributed by atoms with Crippen LogP contribution in [0.25, 0.3) is 0 Å². The number of carbonyl (C=O) groups is 1. The Morgan fingerprint density at radius 1 is 1.04 bits per heavy atom. The van der Waals surface area contributed by atoms with Gasteiger partial charge in [-0.15, -0.1) is 24.0 Å². The minimum absolute atomic E-state index is 0. The maximum atomic E-state index is 11.5. The molecule has 0 unspecified atom stereocenters. The van der Waals surface area contributed by atoms with Crippen molar-refractivity contribution in [2.24, 2.45) is 10.7 Å². The fourth-order valence-electron chi connectivity index (χ4n) is 2.51. The lowest BCUT2D eigenvalue weighted by atomic mass is 10.1. The van der Waals surface area contributed by atoms with E-state index in [9.17, 15) is 4.79 Å². The second-order valence-corrected chi connectivity index (χ2v) is 5.84. The molecule has 2 rings (SSSR count). The highest BCUT2D eigenvalue weighted by Crippen LogP contribution is 2.27. The van der Waals surface area contributed by atoms with Gasteiger partial charge in [-0.3, -0.25) is 4.79 Å². The first-order valence-electron chi connectivity index (χ1n) is 8.63. The molecule has 1 amide bonds. The average Bonchev–Trinajstić information content (AvgIpc) is 2.71. The standard InChI is InChI=1S/C20H26N4O3.HI/c1-22-19(25)16-7-4-15(5-8-16)13-24-20(21)23-11-10-14-6-9-17(26-2)18(12-14)27-3;/h4-9,12H,10-11,13H2,1-3H3,(H,22,25)(H3,21,23,24);1H. The number of nitrogens with one attached hydrogen (secondary N) is 2. The Morgan fingerprint density at radius 2 is 1.68 bits per heavy atom. The first kappa shape index (κ1) is 23.5. The van der Waals surface area contributed by atoms with E-state index in [1.54, 1.807) is 33.4 Å². The monoisotopic (exact) mass is 498 g/mol. The van der Waals surface area contributed by atoms with Gasteiger partial charge in [0.25, 0.3) is 5.91 Å². The number of hydrogen-bond acceptors (Lipinski definition) is 4. The van der Waals surface area contributed by atoms with Gasteiger partial charge in [-0.2, -0.15) is 0 Å². The molecular formula is C20H27IN4O3. The molecule has 0 aliphatic rings. The van der Waals surface area contributed by atoms with Crippen LogP contribution in [0, 0.1) is 0 Å². The van der Waals surface area contributed by atoms with Gasteiger partial charge in [0.2, 0.25) is 0 Å². The normalized spacial score (nSPS) is 10.6. The van der Waals surface area contributed by atoms with E-state index in [1.807, 2.05) is 30.3 Å². The zero-order valence-electron chi connectivity index (χ0n) is 16.3. The molecule has 0 aromatic heterocycles. The number of guanidine groups is 1. The molecule has 0 atom stereocenters. The number of rotatable bonds is 8. The van der Waals surface area contributed by atoms with E-state index in [1.165, 1.54) is 0 Å². The first-order chi connectivity index (χ1) is 13.1. The van der Waals surface area contributed by atoms with Crippen molar-refractivity contribution in [2.45, 2.75) is 13.0 Å². The molecule has 0 heterocycles. The van der Waals surface area contributed by atoms with Crippen molar-refractivity contribution in [2.75, 3.05) is 27.8 Å². The minimum atomic E-state index is -0.110. The molecule has 8 heteroatoms. The van der Waals surface area contributed by atoms with Crippen LogP contribution in [-0.4, -0.2) is 39.7 Å². The van der Waals surface area contributed by atoms with Crippen molar-refractivity contribution in [1.82, 2.24) is 10.6 Å². The maximum absolute atomic E-state index is 11.5. The summed E-state index contributed by atoms with van der Waals surface area (Å²) in [4.78, 5) is 15.8. The van der Waals surface area contributed by atoms with E-state index >= 15 is 0 Å². The summed E-state index contributed by atoms with van der Waals surface area (Å²) in [6.45, 7) is 1.10. The average molecular weight is 498 g/mol. The highest BCUT2D eigenvalue weighted by Gasteiger charge is 2.05. The van der Waals surface area contributed by atoms with Crippen molar-refractivity contribution >= 4 is 35.8 Å². The van der Waals surface area contributed by atoms with Crippen molar-refractivity contribution < 1.29 is 14.3 Å². The largest absolute Gasteiger partial charge is 0.493 e. The molecule has 2 aromatic rings. The Kier molecular flexibility index (Phi) is 10.1. The Balaban J connectivity index is 0.00000392. The Bertz CT molecular complexity index is 795. The number of nitrogens with zero attached hydrogens (tertiary/aromatic N) is 1. The molecule has 2 aromatic carbocycles. The van der Waals surface area contributed by atoms with Crippen LogP contribution in [0.3, 0.4) is 0 Å². The summed E-state index contributed by atoms with van der Waals surface area (Å²) in [7, 11) is 4.84. The number of aliphatic imine (C=N–C) groups is 1. The van der Waals surface area contributed by atoms with E-state index in [2.05, 4.69) is 15.6 Å². The van der Waals surface area contributed by atoms with Crippen LogP contribution in [0.4, 0.5) is 0 Å². The fraction of sp³-hybridized carbons (Fsp3) is 0.300. The Hall–Kier alpha value is -2.49. The van der Waals surface area contributed by atoms with Gasteiger partial charge in [0.1, 0.15) is 0 Å². The van der Waals surface area contributed by atoms with Crippen LogP contribution in [0.5, 0.6) is 11.5 Å². The van der Waals surface area contributed by atoms with E-state index in [0.29, 0.717) is 36.1 Å². The second-order valence-electron chi connectivity index (χ2n) is 5.84. The molecule has 7 nitrogen and oxygen atoms in total. The molecule has 0 aliphatic carbocycles. The van der Waals surface area contributed by atoms with Gasteiger partial charge in [0.15, 0.2) is 17.5 Å². The molecule has 0 spiro atoms. The number of methoxy groups -OCH3 is 2. The van der Waals surface area contributed by atoms with Crippen molar-refractivity contribution in [3.63, 3.8) is 0 Å². The Labute approximate surface area is 182 Å². The molecular weight excluding hydrogens is 471 g/mol. The van der Waals surface area contributed by atoms with Gasteiger partial charge >= 0.3 is 0 Å². The smallest absolute Gasteiger partial charge is 0.251 e. The van der Waals surface area contributed by atoms with Crippen LogP contribution in [0.1, 0.15) is 21.5 Å². The highest BCUT2D eigenvalue weighted by atomic mass is 127. The summed E-state index contributed by atoms with van der Waals surface area (Å²) in [6.07, 6.45) is 0.775. The van der Waals surface area contributed by atoms with E-state index in [0.717, 1.165) is 17.5 Å². The lowest BCUT2D eigenvalue weighted by Crippen LogP contribution is -2.33. The van der Waals surface area contributed by atoms with Crippen LogP contribution < -0.4 is 25.8 Å². The summed E-state index contributed by atoms with van der Waals surface area (Å²) in [5.41, 5.74) is 8.62. The zero-order chi connectivity index (χ0) is 19.6. The van der Waals surface area contributed by atoms with Crippen molar-refractivity contribution in [3.8, 4) is 11.5 Å². The number of carbonyl (C=O) groups excluding carboxylic acids is 1. The van der Waals surface area contributed by atoms with Crippen molar-refractivity contribution in [1.29, 1.82) is 0 Å². The number of hydrogen-bond donors (Lipinski definition) is 3. The summed E-state index contributed by atoms with van der Waals surface area (Å²) in [6, 6.07) is 13.1. The molecule has 0 aliphatic heterocycles. The highest BCUT2D eigenvalue weighted by molar-refractivity contribution is 14.0. The van der Waals surface area contributed by atoms with Crippen LogP contribution in [0.15, 0.2) is 47.5 Å². The molecule has 152 valence electrons. The number of amides is 1. The van der Waals surface area contributed by atoms with E-state index in [4.69, 9.17) is 15.2 Å². The zero-order valence-corrected chi connectivity index (χ0v) is 18.7. The lowest BCUT2D eigenvalue weighted by Gasteiger charge is -2.10. The second kappa shape index (κ2) is 12.1. The SMILES string of the molecule is CNC(=O)c1ccc(CN=C(N)NCCc2ccc(OC)c(OC)c2)cc1.I. The number of ether oxygens (including phenoxy) is 2. The predicted octanol–water partition coefficient (Wildman–Crippen LogP) is 2.33. The van der Waals surface area contributed by atoms with Gasteiger partial charge in [0.05, 0.1) is 20.8 Å². The molecule has 0 fully saturated rings. The van der Waals surface area contributed by atoms with Gasteiger partial charge < -0.3 is 25.8 Å². The summed E-state index contributed by atoms with van der Waals surface area (Å²) in [5, 5.41) is 5.69. The number of nitrogens with two attached hydrogens (primary N) is 1. The molecule has 28 heavy (non-hydrogen) atoms. The van der Waals surface area contributed by atoms with Crippen molar-refractivity contribution in [3.05, 3.63) is 59.2 Å². The molecule has 0 bridgehead atoms. The van der Waals surface area contributed by atoms with E-state index in [-0.39, 0.29) is 29.9 Å². The van der Waals surface area contributed by atoms with E-state index < -0.39 is 0 Å². The molecule has 0 saturated heterocycles. The van der Waals surface area contributed by atoms with Crippen LogP contribution in [-0.2, 0) is 13.0 Å². The van der Waals surface area contributed by atoms with Gasteiger partial charge in [-0.25, -0.2) is 4.99 Å². The molecule has 0 radical (unpaired) electrons. The predicted molar refractivity (Wildman–Crippen MR) is 122 cm³/mol. The third-order valence-electron chi connectivity index (χ3n) is 4.04. The van der Waals surface area contributed by atoms with Gasteiger partial charge in [-0.1, -0.05) is 18.2 Å². The first-order valence-corrected chi connectivity index (χ1v) is 8.63. The maximum Gasteiger partial charge on any atom is 0.251 e. The fourth-order valence-corrected chi connectivity index (χ4v) is 2.51. The van der Waals surface area contributed by atoms with Gasteiger partial charge in [0, 0.05) is 19.2 Å². The summed E-state index contributed by atoms with van der Waals surface area (Å²) in [5.74, 6) is 1.68. The minimum Gasteiger partial charge on any atom is -0.493 e. The number of halogens is 1. The third-order valence-corrected chi connectivity index (χ3v) is 4.04. The van der Waals surface area contributed by atoms with Crippen LogP contribution in [0.2, 0.25) is 0 Å². The molecule has 4 N–H and O–H groups in total. The van der Waals surface area contributed by atoms with Crippen LogP contribution >= 0.6 is 24.0 Å². The molecule has 0 saturated carbocycles. The summed E-state index contributed by atoms with van der Waals surface area (Å²) >= 11 is 0.